The minimum absolute atomic E-state index is 0.327. The van der Waals surface area contributed by atoms with Crippen molar-refractivity contribution in [2.24, 2.45) is 0 Å². The molecule has 1 heterocycles. The van der Waals surface area contributed by atoms with E-state index in [1.165, 1.54) is 11.3 Å². The van der Waals surface area contributed by atoms with Crippen molar-refractivity contribution in [3.8, 4) is 5.75 Å². The lowest BCUT2D eigenvalue weighted by Gasteiger charge is -2.08. The van der Waals surface area contributed by atoms with Crippen molar-refractivity contribution in [1.82, 2.24) is 0 Å². The molecule has 100 valence electrons. The van der Waals surface area contributed by atoms with Gasteiger partial charge in [0.15, 0.2) is 0 Å². The SMILES string of the molecule is COc1cc(Br)cc(NCc2cc(C(=O)O)cs2)c1. The van der Waals surface area contributed by atoms with E-state index in [0.717, 1.165) is 20.8 Å². The van der Waals surface area contributed by atoms with E-state index in [1.807, 2.05) is 18.2 Å². The first-order valence-corrected chi connectivity index (χ1v) is 7.15. The van der Waals surface area contributed by atoms with E-state index in [9.17, 15) is 4.79 Å². The van der Waals surface area contributed by atoms with Gasteiger partial charge in [0.1, 0.15) is 5.75 Å². The number of thiophene rings is 1. The standard InChI is InChI=1S/C13H12BrNO3S/c1-18-11-4-9(14)3-10(5-11)15-6-12-2-8(7-19-12)13(16)17/h2-5,7,15H,6H2,1H3,(H,16,17). The predicted molar refractivity (Wildman–Crippen MR) is 79.3 cm³/mol. The molecule has 2 rings (SSSR count). The second-order valence-corrected chi connectivity index (χ2v) is 5.75. The van der Waals surface area contributed by atoms with Crippen LogP contribution in [-0.2, 0) is 6.54 Å². The largest absolute Gasteiger partial charge is 0.497 e. The van der Waals surface area contributed by atoms with Gasteiger partial charge in [0, 0.05) is 33.0 Å². The summed E-state index contributed by atoms with van der Waals surface area (Å²) in [6.45, 7) is 0.581. The number of carboxylic acid groups (broad SMARTS) is 1. The first-order chi connectivity index (χ1) is 9.08. The van der Waals surface area contributed by atoms with E-state index < -0.39 is 5.97 Å². The van der Waals surface area contributed by atoms with E-state index in [4.69, 9.17) is 9.84 Å². The van der Waals surface area contributed by atoms with Crippen molar-refractivity contribution in [3.63, 3.8) is 0 Å². The fourth-order valence-corrected chi connectivity index (χ4v) is 2.83. The number of rotatable bonds is 5. The molecule has 0 aliphatic heterocycles. The average molecular weight is 342 g/mol. The van der Waals surface area contributed by atoms with Crippen LogP contribution < -0.4 is 10.1 Å². The zero-order valence-electron chi connectivity index (χ0n) is 10.1. The van der Waals surface area contributed by atoms with Gasteiger partial charge in [-0.3, -0.25) is 0 Å². The number of nitrogens with one attached hydrogen (secondary N) is 1. The summed E-state index contributed by atoms with van der Waals surface area (Å²) in [7, 11) is 1.62. The van der Waals surface area contributed by atoms with Crippen molar-refractivity contribution in [3.05, 3.63) is 44.6 Å². The number of halogens is 1. The molecule has 0 radical (unpaired) electrons. The molecular formula is C13H12BrNO3S. The molecule has 6 heteroatoms. The third kappa shape index (κ3) is 3.71. The zero-order valence-corrected chi connectivity index (χ0v) is 12.5. The molecule has 1 aromatic heterocycles. The molecule has 0 bridgehead atoms. The van der Waals surface area contributed by atoms with Gasteiger partial charge < -0.3 is 15.2 Å². The van der Waals surface area contributed by atoms with E-state index in [-0.39, 0.29) is 0 Å². The first-order valence-electron chi connectivity index (χ1n) is 5.47. The number of carboxylic acids is 1. The van der Waals surface area contributed by atoms with Crippen LogP contribution >= 0.6 is 27.3 Å². The van der Waals surface area contributed by atoms with Gasteiger partial charge in [-0.1, -0.05) is 15.9 Å². The quantitative estimate of drug-likeness (QED) is 0.867. The Morgan fingerprint density at radius 2 is 2.21 bits per heavy atom. The summed E-state index contributed by atoms with van der Waals surface area (Å²) in [4.78, 5) is 11.7. The Labute approximate surface area is 123 Å². The highest BCUT2D eigenvalue weighted by Gasteiger charge is 2.06. The summed E-state index contributed by atoms with van der Waals surface area (Å²) in [6, 6.07) is 7.37. The second-order valence-electron chi connectivity index (χ2n) is 3.84. The molecule has 0 aliphatic rings. The number of carbonyl (C=O) groups is 1. The molecule has 0 spiro atoms. The topological polar surface area (TPSA) is 58.6 Å². The molecule has 0 saturated heterocycles. The molecule has 0 unspecified atom stereocenters. The number of benzene rings is 1. The van der Waals surface area contributed by atoms with Crippen LogP contribution in [0, 0.1) is 0 Å². The summed E-state index contributed by atoms with van der Waals surface area (Å²) < 4.78 is 6.10. The Morgan fingerprint density at radius 1 is 1.42 bits per heavy atom. The highest BCUT2D eigenvalue weighted by Crippen LogP contribution is 2.25. The van der Waals surface area contributed by atoms with Crippen LogP contribution in [-0.4, -0.2) is 18.2 Å². The molecule has 1 aromatic carbocycles. The summed E-state index contributed by atoms with van der Waals surface area (Å²) in [5.41, 5.74) is 1.24. The molecule has 4 nitrogen and oxygen atoms in total. The number of anilines is 1. The second kappa shape index (κ2) is 6.08. The molecule has 0 atom stereocenters. The molecule has 2 N–H and O–H groups in total. The Morgan fingerprint density at radius 3 is 2.84 bits per heavy atom. The predicted octanol–water partition coefficient (Wildman–Crippen LogP) is 3.83. The molecule has 0 saturated carbocycles. The minimum Gasteiger partial charge on any atom is -0.497 e. The number of aromatic carboxylic acids is 1. The Bertz CT molecular complexity index is 597. The lowest BCUT2D eigenvalue weighted by atomic mass is 10.3. The summed E-state index contributed by atoms with van der Waals surface area (Å²) in [6.07, 6.45) is 0. The third-order valence-corrected chi connectivity index (χ3v) is 3.87. The Kier molecular flexibility index (Phi) is 4.44. The van der Waals surface area contributed by atoms with Gasteiger partial charge in [0.2, 0.25) is 0 Å². The van der Waals surface area contributed by atoms with Crippen LogP contribution in [0.1, 0.15) is 15.2 Å². The molecule has 0 fully saturated rings. The van der Waals surface area contributed by atoms with Crippen molar-refractivity contribution >= 4 is 38.9 Å². The van der Waals surface area contributed by atoms with Crippen molar-refractivity contribution < 1.29 is 14.6 Å². The highest BCUT2D eigenvalue weighted by atomic mass is 79.9. The number of hydrogen-bond acceptors (Lipinski definition) is 4. The van der Waals surface area contributed by atoms with Crippen LogP contribution in [0.5, 0.6) is 5.75 Å². The van der Waals surface area contributed by atoms with Gasteiger partial charge in [0.25, 0.3) is 0 Å². The fraction of sp³-hybridized carbons (Fsp3) is 0.154. The van der Waals surface area contributed by atoms with E-state index >= 15 is 0 Å². The van der Waals surface area contributed by atoms with Gasteiger partial charge in [-0.25, -0.2) is 4.79 Å². The van der Waals surface area contributed by atoms with E-state index in [1.54, 1.807) is 18.6 Å². The van der Waals surface area contributed by atoms with Gasteiger partial charge in [-0.15, -0.1) is 11.3 Å². The van der Waals surface area contributed by atoms with Gasteiger partial charge in [-0.05, 0) is 18.2 Å². The lowest BCUT2D eigenvalue weighted by Crippen LogP contribution is -1.98. The zero-order chi connectivity index (χ0) is 13.8. The van der Waals surface area contributed by atoms with Gasteiger partial charge >= 0.3 is 5.97 Å². The third-order valence-electron chi connectivity index (χ3n) is 2.47. The summed E-state index contributed by atoms with van der Waals surface area (Å²) in [5.74, 6) is -0.138. The minimum atomic E-state index is -0.897. The van der Waals surface area contributed by atoms with Crippen molar-refractivity contribution in [1.29, 1.82) is 0 Å². The summed E-state index contributed by atoms with van der Waals surface area (Å²) >= 11 is 4.83. The Balaban J connectivity index is 2.05. The van der Waals surface area contributed by atoms with Gasteiger partial charge in [0.05, 0.1) is 12.7 Å². The molecule has 0 amide bonds. The van der Waals surface area contributed by atoms with Crippen LogP contribution in [0.15, 0.2) is 34.1 Å². The maximum atomic E-state index is 10.8. The number of ether oxygens (including phenoxy) is 1. The van der Waals surface area contributed by atoms with Gasteiger partial charge in [-0.2, -0.15) is 0 Å². The molecular weight excluding hydrogens is 330 g/mol. The van der Waals surface area contributed by atoms with E-state index in [2.05, 4.69) is 21.2 Å². The number of methoxy groups -OCH3 is 1. The first kappa shape index (κ1) is 13.9. The lowest BCUT2D eigenvalue weighted by molar-refractivity contribution is 0.0697. The Hall–Kier alpha value is -1.53. The monoisotopic (exact) mass is 341 g/mol. The van der Waals surface area contributed by atoms with Crippen LogP contribution in [0.2, 0.25) is 0 Å². The molecule has 19 heavy (non-hydrogen) atoms. The molecule has 2 aromatic rings. The average Bonchev–Trinajstić information content (AvgIpc) is 2.84. The smallest absolute Gasteiger partial charge is 0.336 e. The number of hydrogen-bond donors (Lipinski definition) is 2. The van der Waals surface area contributed by atoms with Crippen molar-refractivity contribution in [2.45, 2.75) is 6.54 Å². The van der Waals surface area contributed by atoms with Crippen LogP contribution in [0.25, 0.3) is 0 Å². The van der Waals surface area contributed by atoms with Crippen LogP contribution in [0.4, 0.5) is 5.69 Å². The maximum absolute atomic E-state index is 10.8. The molecule has 0 aliphatic carbocycles. The fourth-order valence-electron chi connectivity index (χ4n) is 1.56. The summed E-state index contributed by atoms with van der Waals surface area (Å²) in [5, 5.41) is 13.7. The highest BCUT2D eigenvalue weighted by molar-refractivity contribution is 9.10. The van der Waals surface area contributed by atoms with E-state index in [0.29, 0.717) is 12.1 Å². The maximum Gasteiger partial charge on any atom is 0.336 e. The normalized spacial score (nSPS) is 10.2. The van der Waals surface area contributed by atoms with Crippen molar-refractivity contribution in [2.75, 3.05) is 12.4 Å². The van der Waals surface area contributed by atoms with Crippen LogP contribution in [0.3, 0.4) is 0 Å².